The summed E-state index contributed by atoms with van der Waals surface area (Å²) in [6, 6.07) is 3.90. The number of piperazine rings is 1. The van der Waals surface area contributed by atoms with E-state index in [-0.39, 0.29) is 5.91 Å². The third kappa shape index (κ3) is 4.04. The minimum Gasteiger partial charge on any atom is -0.369 e. The molecule has 1 N–H and O–H groups in total. The van der Waals surface area contributed by atoms with E-state index >= 15 is 0 Å². The lowest BCUT2D eigenvalue weighted by Crippen LogP contribution is -2.49. The van der Waals surface area contributed by atoms with Crippen LogP contribution in [0, 0.1) is 0 Å². The van der Waals surface area contributed by atoms with Gasteiger partial charge in [0.2, 0.25) is 0 Å². The highest BCUT2D eigenvalue weighted by atomic mass is 32.1. The quantitative estimate of drug-likeness (QED) is 0.837. The lowest BCUT2D eigenvalue weighted by Gasteiger charge is -2.35. The van der Waals surface area contributed by atoms with Gasteiger partial charge in [-0.05, 0) is 37.0 Å². The molecule has 0 aliphatic carbocycles. The molecule has 2 aromatic heterocycles. The van der Waals surface area contributed by atoms with E-state index in [1.807, 2.05) is 24.0 Å². The molecule has 0 atom stereocenters. The van der Waals surface area contributed by atoms with Crippen LogP contribution in [0.3, 0.4) is 0 Å². The molecule has 0 aromatic carbocycles. The van der Waals surface area contributed by atoms with Crippen molar-refractivity contribution in [3.63, 3.8) is 0 Å². The predicted molar refractivity (Wildman–Crippen MR) is 98.2 cm³/mol. The third-order valence-electron chi connectivity index (χ3n) is 4.14. The van der Waals surface area contributed by atoms with Crippen LogP contribution < -0.4 is 10.2 Å². The van der Waals surface area contributed by atoms with Crippen molar-refractivity contribution in [3.05, 3.63) is 22.7 Å². The van der Waals surface area contributed by atoms with E-state index in [4.69, 9.17) is 0 Å². The molecule has 0 spiro atoms. The number of amides is 1. The number of carbonyl (C=O) groups is 1. The van der Waals surface area contributed by atoms with Crippen LogP contribution >= 0.6 is 11.5 Å². The summed E-state index contributed by atoms with van der Waals surface area (Å²) < 4.78 is 3.95. The topological polar surface area (TPSA) is 87.1 Å². The zero-order valence-corrected chi connectivity index (χ0v) is 15.4. The van der Waals surface area contributed by atoms with Crippen LogP contribution in [0.15, 0.2) is 12.1 Å². The van der Waals surface area contributed by atoms with Crippen LogP contribution in [-0.2, 0) is 6.42 Å². The molecule has 25 heavy (non-hydrogen) atoms. The predicted octanol–water partition coefficient (Wildman–Crippen LogP) is 1.67. The summed E-state index contributed by atoms with van der Waals surface area (Å²) in [5, 5.41) is 15.7. The number of aromatic nitrogens is 4. The number of rotatable bonds is 6. The Morgan fingerprint density at radius 2 is 1.96 bits per heavy atom. The molecular weight excluding hydrogens is 338 g/mol. The standard InChI is InChI=1S/C16H23N7OS/c1-3-5-12-15(25-21-18-12)16(24)23-10-8-22(9-11-23)14-7-6-13(17-4-2)19-20-14/h6-7H,3-5,8-11H2,1-2H3,(H,17,19). The van der Waals surface area contributed by atoms with Crippen LogP contribution in [-0.4, -0.2) is 63.3 Å². The van der Waals surface area contributed by atoms with Crippen LogP contribution in [0.4, 0.5) is 11.6 Å². The van der Waals surface area contributed by atoms with Crippen LogP contribution in [0.25, 0.3) is 0 Å². The molecule has 1 aliphatic heterocycles. The average molecular weight is 361 g/mol. The molecule has 0 unspecified atom stereocenters. The highest BCUT2D eigenvalue weighted by Crippen LogP contribution is 2.19. The van der Waals surface area contributed by atoms with Gasteiger partial charge < -0.3 is 15.1 Å². The molecule has 0 bridgehead atoms. The maximum Gasteiger partial charge on any atom is 0.267 e. The second-order valence-corrected chi connectivity index (χ2v) is 6.64. The second kappa shape index (κ2) is 8.19. The number of carbonyl (C=O) groups excluding carboxylic acids is 1. The minimum absolute atomic E-state index is 0.0478. The van der Waals surface area contributed by atoms with Crippen molar-refractivity contribution >= 4 is 29.1 Å². The Morgan fingerprint density at radius 3 is 2.60 bits per heavy atom. The maximum atomic E-state index is 12.7. The molecule has 9 heteroatoms. The normalized spacial score (nSPS) is 14.6. The first-order chi connectivity index (χ1) is 12.2. The summed E-state index contributed by atoms with van der Waals surface area (Å²) in [7, 11) is 0. The largest absolute Gasteiger partial charge is 0.369 e. The molecule has 3 heterocycles. The van der Waals surface area contributed by atoms with Crippen molar-refractivity contribution in [1.29, 1.82) is 0 Å². The molecule has 0 saturated carbocycles. The van der Waals surface area contributed by atoms with Gasteiger partial charge in [0, 0.05) is 32.7 Å². The highest BCUT2D eigenvalue weighted by molar-refractivity contribution is 7.08. The zero-order chi connectivity index (χ0) is 17.6. The second-order valence-electron chi connectivity index (χ2n) is 5.89. The number of aryl methyl sites for hydroxylation is 1. The fourth-order valence-electron chi connectivity index (χ4n) is 2.82. The monoisotopic (exact) mass is 361 g/mol. The zero-order valence-electron chi connectivity index (χ0n) is 14.6. The third-order valence-corrected chi connectivity index (χ3v) is 4.89. The molecule has 1 aliphatic rings. The molecule has 1 fully saturated rings. The van der Waals surface area contributed by atoms with Gasteiger partial charge in [-0.3, -0.25) is 4.79 Å². The minimum atomic E-state index is 0.0478. The molecular formula is C16H23N7OS. The van der Waals surface area contributed by atoms with Gasteiger partial charge in [-0.25, -0.2) is 0 Å². The average Bonchev–Trinajstić information content (AvgIpc) is 3.11. The Labute approximate surface area is 151 Å². The van der Waals surface area contributed by atoms with Crippen molar-refractivity contribution in [3.8, 4) is 0 Å². The first kappa shape index (κ1) is 17.5. The van der Waals surface area contributed by atoms with Gasteiger partial charge in [-0.15, -0.1) is 15.3 Å². The van der Waals surface area contributed by atoms with Gasteiger partial charge in [0.05, 0.1) is 5.69 Å². The van der Waals surface area contributed by atoms with E-state index in [0.717, 1.165) is 49.8 Å². The first-order valence-electron chi connectivity index (χ1n) is 8.66. The van der Waals surface area contributed by atoms with Crippen molar-refractivity contribution in [2.24, 2.45) is 0 Å². The first-order valence-corrected chi connectivity index (χ1v) is 9.43. The molecule has 3 rings (SSSR count). The van der Waals surface area contributed by atoms with Crippen molar-refractivity contribution in [2.75, 3.05) is 42.9 Å². The van der Waals surface area contributed by atoms with Crippen LogP contribution in [0.5, 0.6) is 0 Å². The smallest absolute Gasteiger partial charge is 0.267 e. The van der Waals surface area contributed by atoms with Crippen molar-refractivity contribution in [1.82, 2.24) is 24.7 Å². The number of anilines is 2. The van der Waals surface area contributed by atoms with E-state index in [9.17, 15) is 4.79 Å². The Balaban J connectivity index is 1.59. The van der Waals surface area contributed by atoms with E-state index in [1.165, 1.54) is 11.5 Å². The number of hydrogen-bond acceptors (Lipinski definition) is 8. The summed E-state index contributed by atoms with van der Waals surface area (Å²) in [6.07, 6.45) is 1.76. The van der Waals surface area contributed by atoms with E-state index < -0.39 is 0 Å². The number of nitrogens with zero attached hydrogens (tertiary/aromatic N) is 6. The lowest BCUT2D eigenvalue weighted by atomic mass is 10.2. The summed E-state index contributed by atoms with van der Waals surface area (Å²) in [4.78, 5) is 17.4. The van der Waals surface area contributed by atoms with Crippen molar-refractivity contribution in [2.45, 2.75) is 26.7 Å². The fourth-order valence-corrected chi connectivity index (χ4v) is 3.50. The number of hydrogen-bond donors (Lipinski definition) is 1. The Morgan fingerprint density at radius 1 is 1.16 bits per heavy atom. The summed E-state index contributed by atoms with van der Waals surface area (Å²) >= 11 is 1.20. The fraction of sp³-hybridized carbons (Fsp3) is 0.562. The van der Waals surface area contributed by atoms with E-state index in [1.54, 1.807) is 0 Å². The molecule has 1 saturated heterocycles. The Bertz CT molecular complexity index is 695. The van der Waals surface area contributed by atoms with Gasteiger partial charge in [0.1, 0.15) is 10.7 Å². The molecule has 0 radical (unpaired) electrons. The van der Waals surface area contributed by atoms with E-state index in [2.05, 4.69) is 36.9 Å². The highest BCUT2D eigenvalue weighted by Gasteiger charge is 2.26. The summed E-state index contributed by atoms with van der Waals surface area (Å²) in [6.45, 7) is 7.75. The Kier molecular flexibility index (Phi) is 5.75. The van der Waals surface area contributed by atoms with Crippen LogP contribution in [0.1, 0.15) is 35.6 Å². The maximum absolute atomic E-state index is 12.7. The molecule has 8 nitrogen and oxygen atoms in total. The van der Waals surface area contributed by atoms with Gasteiger partial charge in [0.15, 0.2) is 5.82 Å². The van der Waals surface area contributed by atoms with Gasteiger partial charge in [-0.2, -0.15) is 0 Å². The lowest BCUT2D eigenvalue weighted by molar-refractivity contribution is 0.0750. The molecule has 2 aromatic rings. The van der Waals surface area contributed by atoms with Gasteiger partial charge in [-0.1, -0.05) is 17.8 Å². The summed E-state index contributed by atoms with van der Waals surface area (Å²) in [5.74, 6) is 1.67. The SMILES string of the molecule is CCCc1nnsc1C(=O)N1CCN(c2ccc(NCC)nn2)CC1. The number of nitrogens with one attached hydrogen (secondary N) is 1. The summed E-state index contributed by atoms with van der Waals surface area (Å²) in [5.41, 5.74) is 0.824. The van der Waals surface area contributed by atoms with E-state index in [0.29, 0.717) is 18.0 Å². The van der Waals surface area contributed by atoms with Gasteiger partial charge >= 0.3 is 0 Å². The molecule has 1 amide bonds. The van der Waals surface area contributed by atoms with Gasteiger partial charge in [0.25, 0.3) is 5.91 Å². The Hall–Kier alpha value is -2.29. The van der Waals surface area contributed by atoms with Crippen LogP contribution in [0.2, 0.25) is 0 Å². The molecule has 134 valence electrons. The van der Waals surface area contributed by atoms with Crippen molar-refractivity contribution < 1.29 is 4.79 Å².